The van der Waals surface area contributed by atoms with E-state index >= 15 is 0 Å². The Morgan fingerprint density at radius 1 is 1.53 bits per heavy atom. The third kappa shape index (κ3) is 3.04. The molecule has 2 N–H and O–H groups in total. The lowest BCUT2D eigenvalue weighted by molar-refractivity contribution is 0.0765. The lowest BCUT2D eigenvalue weighted by atomic mass is 10.1. The Kier molecular flexibility index (Phi) is 4.78. The van der Waals surface area contributed by atoms with Crippen LogP contribution in [0.15, 0.2) is 12.4 Å². The number of hydrogen-bond acceptors (Lipinski definition) is 3. The zero-order valence-corrected chi connectivity index (χ0v) is 9.81. The van der Waals surface area contributed by atoms with E-state index in [-0.39, 0.29) is 12.1 Å². The second kappa shape index (κ2) is 5.88. The molecular weight excluding hydrogens is 190 g/mol. The molecule has 0 radical (unpaired) electrons. The fourth-order valence-corrected chi connectivity index (χ4v) is 1.80. The summed E-state index contributed by atoms with van der Waals surface area (Å²) in [7, 11) is 1.71. The van der Waals surface area contributed by atoms with Gasteiger partial charge < -0.3 is 15.0 Å². The SMILES string of the molecule is CCC(OC)C(N)Cc1nccn1CC. The van der Waals surface area contributed by atoms with Crippen molar-refractivity contribution in [2.45, 2.75) is 45.4 Å². The highest BCUT2D eigenvalue weighted by Crippen LogP contribution is 2.07. The molecule has 1 heterocycles. The molecule has 0 bridgehead atoms. The van der Waals surface area contributed by atoms with Gasteiger partial charge in [-0.1, -0.05) is 6.92 Å². The van der Waals surface area contributed by atoms with Gasteiger partial charge in [-0.2, -0.15) is 0 Å². The molecule has 86 valence electrons. The minimum Gasteiger partial charge on any atom is -0.380 e. The molecule has 0 saturated heterocycles. The quantitative estimate of drug-likeness (QED) is 0.769. The molecule has 1 aromatic rings. The predicted molar refractivity (Wildman–Crippen MR) is 60.7 cm³/mol. The maximum Gasteiger partial charge on any atom is 0.110 e. The Balaban J connectivity index is 2.60. The van der Waals surface area contributed by atoms with Crippen LogP contribution in [0, 0.1) is 0 Å². The van der Waals surface area contributed by atoms with E-state index < -0.39 is 0 Å². The van der Waals surface area contributed by atoms with Crippen LogP contribution in [0.3, 0.4) is 0 Å². The summed E-state index contributed by atoms with van der Waals surface area (Å²) in [6.45, 7) is 5.12. The number of rotatable bonds is 6. The highest BCUT2D eigenvalue weighted by Gasteiger charge is 2.17. The van der Waals surface area contributed by atoms with Crippen molar-refractivity contribution >= 4 is 0 Å². The molecule has 1 aromatic heterocycles. The Bertz CT molecular complexity index is 281. The Hall–Kier alpha value is -0.870. The van der Waals surface area contributed by atoms with Crippen molar-refractivity contribution in [3.63, 3.8) is 0 Å². The molecule has 4 nitrogen and oxygen atoms in total. The molecule has 0 aromatic carbocycles. The summed E-state index contributed by atoms with van der Waals surface area (Å²) in [5.74, 6) is 1.04. The summed E-state index contributed by atoms with van der Waals surface area (Å²) in [5, 5.41) is 0. The first-order chi connectivity index (χ1) is 7.22. The Labute approximate surface area is 91.4 Å². The molecule has 15 heavy (non-hydrogen) atoms. The van der Waals surface area contributed by atoms with E-state index in [1.165, 1.54) is 0 Å². The van der Waals surface area contributed by atoms with Crippen molar-refractivity contribution in [3.8, 4) is 0 Å². The van der Waals surface area contributed by atoms with Crippen LogP contribution >= 0.6 is 0 Å². The molecule has 0 aliphatic rings. The second-order valence-electron chi connectivity index (χ2n) is 3.68. The molecular formula is C11H21N3O. The lowest BCUT2D eigenvalue weighted by Gasteiger charge is -2.21. The summed E-state index contributed by atoms with van der Waals surface area (Å²) < 4.78 is 7.43. The first kappa shape index (κ1) is 12.2. The van der Waals surface area contributed by atoms with E-state index in [4.69, 9.17) is 10.5 Å². The van der Waals surface area contributed by atoms with Crippen molar-refractivity contribution < 1.29 is 4.74 Å². The largest absolute Gasteiger partial charge is 0.380 e. The molecule has 0 amide bonds. The topological polar surface area (TPSA) is 53.1 Å². The fourth-order valence-electron chi connectivity index (χ4n) is 1.80. The van der Waals surface area contributed by atoms with Gasteiger partial charge in [0, 0.05) is 38.5 Å². The number of nitrogens with two attached hydrogens (primary N) is 1. The predicted octanol–water partition coefficient (Wildman–Crippen LogP) is 1.20. The summed E-state index contributed by atoms with van der Waals surface area (Å²) in [5.41, 5.74) is 6.08. The summed E-state index contributed by atoms with van der Waals surface area (Å²) in [6, 6.07) is 0.0210. The monoisotopic (exact) mass is 211 g/mol. The van der Waals surface area contributed by atoms with Gasteiger partial charge in [0.1, 0.15) is 5.82 Å². The fraction of sp³-hybridized carbons (Fsp3) is 0.727. The van der Waals surface area contributed by atoms with Crippen LogP contribution in [0.25, 0.3) is 0 Å². The summed E-state index contributed by atoms with van der Waals surface area (Å²) in [6.07, 6.45) is 5.62. The molecule has 0 aliphatic carbocycles. The zero-order valence-electron chi connectivity index (χ0n) is 9.81. The van der Waals surface area contributed by atoms with Crippen molar-refractivity contribution in [1.29, 1.82) is 0 Å². The first-order valence-electron chi connectivity index (χ1n) is 5.51. The average Bonchev–Trinajstić information content (AvgIpc) is 2.67. The van der Waals surface area contributed by atoms with Crippen LogP contribution < -0.4 is 5.73 Å². The van der Waals surface area contributed by atoms with Crippen LogP contribution in [-0.2, 0) is 17.7 Å². The normalized spacial score (nSPS) is 15.2. The lowest BCUT2D eigenvalue weighted by Crippen LogP contribution is -2.38. The summed E-state index contributed by atoms with van der Waals surface area (Å²) in [4.78, 5) is 4.31. The van der Waals surface area contributed by atoms with Gasteiger partial charge in [-0.25, -0.2) is 4.98 Å². The minimum absolute atomic E-state index is 0.0210. The summed E-state index contributed by atoms with van der Waals surface area (Å²) >= 11 is 0. The molecule has 0 spiro atoms. The zero-order chi connectivity index (χ0) is 11.3. The third-order valence-corrected chi connectivity index (χ3v) is 2.74. The van der Waals surface area contributed by atoms with Crippen LogP contribution in [0.5, 0.6) is 0 Å². The number of nitrogens with zero attached hydrogens (tertiary/aromatic N) is 2. The maximum atomic E-state index is 6.08. The van der Waals surface area contributed by atoms with E-state index in [1.807, 2.05) is 12.4 Å². The van der Waals surface area contributed by atoms with E-state index in [9.17, 15) is 0 Å². The van der Waals surface area contributed by atoms with Gasteiger partial charge in [0.05, 0.1) is 6.10 Å². The van der Waals surface area contributed by atoms with E-state index in [0.717, 1.165) is 25.2 Å². The highest BCUT2D eigenvalue weighted by molar-refractivity contribution is 4.96. The van der Waals surface area contributed by atoms with E-state index in [2.05, 4.69) is 23.4 Å². The number of ether oxygens (including phenoxy) is 1. The van der Waals surface area contributed by atoms with Gasteiger partial charge in [0.15, 0.2) is 0 Å². The molecule has 0 saturated carbocycles. The molecule has 2 unspecified atom stereocenters. The van der Waals surface area contributed by atoms with Gasteiger partial charge in [-0.3, -0.25) is 0 Å². The molecule has 4 heteroatoms. The molecule has 0 fully saturated rings. The van der Waals surface area contributed by atoms with Crippen LogP contribution in [-0.4, -0.2) is 28.8 Å². The van der Waals surface area contributed by atoms with Gasteiger partial charge >= 0.3 is 0 Å². The van der Waals surface area contributed by atoms with Crippen molar-refractivity contribution in [2.75, 3.05) is 7.11 Å². The van der Waals surface area contributed by atoms with E-state index in [1.54, 1.807) is 7.11 Å². The maximum absolute atomic E-state index is 6.08. The number of aryl methyl sites for hydroxylation is 1. The van der Waals surface area contributed by atoms with Gasteiger partial charge in [0.25, 0.3) is 0 Å². The second-order valence-corrected chi connectivity index (χ2v) is 3.68. The minimum atomic E-state index is 0.0210. The third-order valence-electron chi connectivity index (χ3n) is 2.74. The molecule has 0 aliphatic heterocycles. The van der Waals surface area contributed by atoms with Crippen LogP contribution in [0.1, 0.15) is 26.1 Å². The van der Waals surface area contributed by atoms with Crippen molar-refractivity contribution in [2.24, 2.45) is 5.73 Å². The first-order valence-corrected chi connectivity index (χ1v) is 5.51. The van der Waals surface area contributed by atoms with Gasteiger partial charge in [-0.15, -0.1) is 0 Å². The van der Waals surface area contributed by atoms with E-state index in [0.29, 0.717) is 0 Å². The standard InChI is InChI=1S/C11H21N3O/c1-4-10(15-3)9(12)8-11-13-6-7-14(11)5-2/h6-7,9-10H,4-5,8,12H2,1-3H3. The Morgan fingerprint density at radius 2 is 2.27 bits per heavy atom. The average molecular weight is 211 g/mol. The van der Waals surface area contributed by atoms with Crippen LogP contribution in [0.2, 0.25) is 0 Å². The smallest absolute Gasteiger partial charge is 0.110 e. The van der Waals surface area contributed by atoms with Gasteiger partial charge in [0.2, 0.25) is 0 Å². The number of imidazole rings is 1. The molecule has 1 rings (SSSR count). The molecule has 2 atom stereocenters. The van der Waals surface area contributed by atoms with Gasteiger partial charge in [-0.05, 0) is 13.3 Å². The van der Waals surface area contributed by atoms with Crippen molar-refractivity contribution in [1.82, 2.24) is 9.55 Å². The van der Waals surface area contributed by atoms with Crippen molar-refractivity contribution in [3.05, 3.63) is 18.2 Å². The number of aromatic nitrogens is 2. The highest BCUT2D eigenvalue weighted by atomic mass is 16.5. The Morgan fingerprint density at radius 3 is 2.80 bits per heavy atom. The van der Waals surface area contributed by atoms with Crippen LogP contribution in [0.4, 0.5) is 0 Å². The number of hydrogen-bond donors (Lipinski definition) is 1. The number of methoxy groups -OCH3 is 1.